The zero-order valence-electron chi connectivity index (χ0n) is 6.86. The van der Waals surface area contributed by atoms with Gasteiger partial charge >= 0.3 is 5.97 Å². The number of hydrogen-bond acceptors (Lipinski definition) is 3. The molecule has 0 saturated carbocycles. The summed E-state index contributed by atoms with van der Waals surface area (Å²) in [4.78, 5) is 10.6. The molecule has 2 heterocycles. The van der Waals surface area contributed by atoms with Crippen LogP contribution in [0.4, 0.5) is 0 Å². The number of carboxylic acids is 1. The number of aromatic carboxylic acids is 1. The van der Waals surface area contributed by atoms with Gasteiger partial charge in [0.1, 0.15) is 6.26 Å². The molecule has 0 aliphatic carbocycles. The Morgan fingerprint density at radius 2 is 2.21 bits per heavy atom. The van der Waals surface area contributed by atoms with E-state index in [0.717, 1.165) is 4.47 Å². The topological polar surface area (TPSA) is 63.6 Å². The standard InChI is InChI=1S/C9H5BrO4/c10-6-1-2-13-8(6)7-3-5(4-14-7)9(11)12/h1-4H,(H,11,12). The summed E-state index contributed by atoms with van der Waals surface area (Å²) >= 11 is 3.25. The summed E-state index contributed by atoms with van der Waals surface area (Å²) in [7, 11) is 0. The van der Waals surface area contributed by atoms with Crippen molar-refractivity contribution in [1.82, 2.24) is 0 Å². The highest BCUT2D eigenvalue weighted by atomic mass is 79.9. The molecule has 5 heteroatoms. The minimum absolute atomic E-state index is 0.100. The van der Waals surface area contributed by atoms with Gasteiger partial charge in [-0.1, -0.05) is 0 Å². The van der Waals surface area contributed by atoms with Crippen LogP contribution < -0.4 is 0 Å². The van der Waals surface area contributed by atoms with E-state index in [-0.39, 0.29) is 5.56 Å². The second-order valence-corrected chi connectivity index (χ2v) is 3.46. The van der Waals surface area contributed by atoms with Crippen LogP contribution in [0.3, 0.4) is 0 Å². The van der Waals surface area contributed by atoms with E-state index in [9.17, 15) is 4.79 Å². The summed E-state index contributed by atoms with van der Waals surface area (Å²) in [6.07, 6.45) is 2.66. The van der Waals surface area contributed by atoms with E-state index >= 15 is 0 Å². The molecular weight excluding hydrogens is 252 g/mol. The lowest BCUT2D eigenvalue weighted by Gasteiger charge is -1.89. The monoisotopic (exact) mass is 256 g/mol. The molecule has 0 bridgehead atoms. The van der Waals surface area contributed by atoms with Gasteiger partial charge in [0.15, 0.2) is 11.5 Å². The Labute approximate surface area is 87.3 Å². The molecule has 72 valence electrons. The van der Waals surface area contributed by atoms with Gasteiger partial charge in [-0.05, 0) is 22.0 Å². The molecule has 0 aromatic carbocycles. The molecule has 0 radical (unpaired) electrons. The Bertz CT molecular complexity index is 469. The second-order valence-electron chi connectivity index (χ2n) is 2.60. The number of carbonyl (C=O) groups is 1. The van der Waals surface area contributed by atoms with E-state index in [4.69, 9.17) is 13.9 Å². The van der Waals surface area contributed by atoms with Crippen molar-refractivity contribution < 1.29 is 18.7 Å². The summed E-state index contributed by atoms with van der Waals surface area (Å²) in [5, 5.41) is 8.66. The molecule has 0 fully saturated rings. The SMILES string of the molecule is O=C(O)c1coc(-c2occc2Br)c1. The third kappa shape index (κ3) is 1.46. The van der Waals surface area contributed by atoms with Crippen molar-refractivity contribution in [2.24, 2.45) is 0 Å². The first-order valence-electron chi connectivity index (χ1n) is 3.73. The predicted molar refractivity (Wildman–Crippen MR) is 51.1 cm³/mol. The number of hydrogen-bond donors (Lipinski definition) is 1. The summed E-state index contributed by atoms with van der Waals surface area (Å²) in [5.41, 5.74) is 0.100. The van der Waals surface area contributed by atoms with Gasteiger partial charge in [0.05, 0.1) is 16.3 Å². The van der Waals surface area contributed by atoms with Crippen molar-refractivity contribution >= 4 is 21.9 Å². The fourth-order valence-electron chi connectivity index (χ4n) is 1.04. The fourth-order valence-corrected chi connectivity index (χ4v) is 1.43. The summed E-state index contributed by atoms with van der Waals surface area (Å²) in [5.74, 6) is -0.153. The average molecular weight is 257 g/mol. The smallest absolute Gasteiger partial charge is 0.338 e. The highest BCUT2D eigenvalue weighted by Gasteiger charge is 2.14. The molecule has 0 aliphatic heterocycles. The van der Waals surface area contributed by atoms with E-state index in [2.05, 4.69) is 15.9 Å². The Kier molecular flexibility index (Phi) is 2.17. The van der Waals surface area contributed by atoms with Crippen LogP contribution in [0, 0.1) is 0 Å². The van der Waals surface area contributed by atoms with E-state index in [1.54, 1.807) is 6.07 Å². The van der Waals surface area contributed by atoms with Crippen molar-refractivity contribution in [1.29, 1.82) is 0 Å². The highest BCUT2D eigenvalue weighted by Crippen LogP contribution is 2.30. The molecule has 0 amide bonds. The maximum Gasteiger partial charge on any atom is 0.338 e. The number of halogens is 1. The van der Waals surface area contributed by atoms with E-state index < -0.39 is 5.97 Å². The van der Waals surface area contributed by atoms with E-state index in [0.29, 0.717) is 11.5 Å². The molecule has 0 atom stereocenters. The third-order valence-corrected chi connectivity index (χ3v) is 2.31. The van der Waals surface area contributed by atoms with Gasteiger partial charge in [-0.15, -0.1) is 0 Å². The number of rotatable bonds is 2. The van der Waals surface area contributed by atoms with Crippen LogP contribution >= 0.6 is 15.9 Å². The van der Waals surface area contributed by atoms with Gasteiger partial charge in [0.25, 0.3) is 0 Å². The third-order valence-electron chi connectivity index (χ3n) is 1.69. The lowest BCUT2D eigenvalue weighted by molar-refractivity contribution is 0.0696. The van der Waals surface area contributed by atoms with Crippen LogP contribution in [0.25, 0.3) is 11.5 Å². The first kappa shape index (κ1) is 9.08. The first-order valence-corrected chi connectivity index (χ1v) is 4.53. The van der Waals surface area contributed by atoms with Crippen LogP contribution in [0.15, 0.2) is 38.0 Å². The van der Waals surface area contributed by atoms with E-state index in [1.807, 2.05) is 0 Å². The molecule has 2 rings (SSSR count). The maximum absolute atomic E-state index is 10.6. The molecule has 14 heavy (non-hydrogen) atoms. The maximum atomic E-state index is 10.6. The Morgan fingerprint density at radius 1 is 1.43 bits per heavy atom. The first-order chi connectivity index (χ1) is 6.68. The summed E-state index contributed by atoms with van der Waals surface area (Å²) in [6, 6.07) is 3.12. The van der Waals surface area contributed by atoms with Crippen molar-refractivity contribution in [3.63, 3.8) is 0 Å². The highest BCUT2D eigenvalue weighted by molar-refractivity contribution is 9.10. The van der Waals surface area contributed by atoms with Gasteiger partial charge in [0, 0.05) is 6.07 Å². The molecule has 0 spiro atoms. The minimum atomic E-state index is -1.03. The molecule has 2 aromatic heterocycles. The molecule has 1 N–H and O–H groups in total. The van der Waals surface area contributed by atoms with Crippen molar-refractivity contribution in [2.75, 3.05) is 0 Å². The normalized spacial score (nSPS) is 10.4. The number of furan rings is 2. The van der Waals surface area contributed by atoms with Crippen LogP contribution in [0.5, 0.6) is 0 Å². The van der Waals surface area contributed by atoms with Crippen molar-refractivity contribution in [3.8, 4) is 11.5 Å². The van der Waals surface area contributed by atoms with Gasteiger partial charge < -0.3 is 13.9 Å². The fraction of sp³-hybridized carbons (Fsp3) is 0. The lowest BCUT2D eigenvalue weighted by atomic mass is 10.3. The lowest BCUT2D eigenvalue weighted by Crippen LogP contribution is -1.91. The van der Waals surface area contributed by atoms with Gasteiger partial charge in [-0.25, -0.2) is 4.79 Å². The molecule has 2 aromatic rings. The molecule has 0 unspecified atom stereocenters. The van der Waals surface area contributed by atoms with Gasteiger partial charge in [-0.3, -0.25) is 0 Å². The zero-order valence-corrected chi connectivity index (χ0v) is 8.45. The van der Waals surface area contributed by atoms with Crippen LogP contribution in [-0.2, 0) is 0 Å². The van der Waals surface area contributed by atoms with Crippen LogP contribution in [-0.4, -0.2) is 11.1 Å². The Hall–Kier alpha value is -1.49. The Morgan fingerprint density at radius 3 is 2.71 bits per heavy atom. The minimum Gasteiger partial charge on any atom is -0.478 e. The van der Waals surface area contributed by atoms with Crippen molar-refractivity contribution in [3.05, 3.63) is 34.7 Å². The summed E-state index contributed by atoms with van der Waals surface area (Å²) in [6.45, 7) is 0. The quantitative estimate of drug-likeness (QED) is 0.898. The molecule has 0 saturated heterocycles. The second kappa shape index (κ2) is 3.34. The van der Waals surface area contributed by atoms with Gasteiger partial charge in [0.2, 0.25) is 0 Å². The van der Waals surface area contributed by atoms with Crippen molar-refractivity contribution in [2.45, 2.75) is 0 Å². The number of carboxylic acid groups (broad SMARTS) is 1. The van der Waals surface area contributed by atoms with Crippen LogP contribution in [0.1, 0.15) is 10.4 Å². The van der Waals surface area contributed by atoms with Gasteiger partial charge in [-0.2, -0.15) is 0 Å². The predicted octanol–water partition coefficient (Wildman–Crippen LogP) is 3.00. The largest absolute Gasteiger partial charge is 0.478 e. The zero-order chi connectivity index (χ0) is 10.1. The molecular formula is C9H5BrO4. The van der Waals surface area contributed by atoms with Crippen LogP contribution in [0.2, 0.25) is 0 Å². The molecule has 4 nitrogen and oxygen atoms in total. The molecule has 0 aliphatic rings. The van der Waals surface area contributed by atoms with E-state index in [1.165, 1.54) is 18.6 Å². The summed E-state index contributed by atoms with van der Waals surface area (Å²) < 4.78 is 10.9. The Balaban J connectivity index is 2.43. The average Bonchev–Trinajstić information content (AvgIpc) is 2.71.